The number of para-hydroxylation sites is 1. The number of nitrogens with one attached hydrogen (secondary N) is 1. The fourth-order valence-corrected chi connectivity index (χ4v) is 4.62. The van der Waals surface area contributed by atoms with Crippen molar-refractivity contribution in [3.63, 3.8) is 0 Å². The second-order valence-corrected chi connectivity index (χ2v) is 8.02. The van der Waals surface area contributed by atoms with Crippen LogP contribution in [0.5, 0.6) is 0 Å². The quantitative estimate of drug-likeness (QED) is 0.472. The van der Waals surface area contributed by atoms with Gasteiger partial charge in [-0.1, -0.05) is 30.3 Å². The van der Waals surface area contributed by atoms with Crippen molar-refractivity contribution < 1.29 is 14.6 Å². The molecule has 1 aliphatic heterocycles. The summed E-state index contributed by atoms with van der Waals surface area (Å²) in [6, 6.07) is 14.3. The van der Waals surface area contributed by atoms with E-state index in [1.165, 1.54) is 43.0 Å². The summed E-state index contributed by atoms with van der Waals surface area (Å²) in [5.74, 6) is -0.761. The first-order valence-corrected chi connectivity index (χ1v) is 10.5. The van der Waals surface area contributed by atoms with Crippen molar-refractivity contribution in [2.24, 2.45) is 0 Å². The molecule has 0 saturated heterocycles. The molecule has 162 valence electrons. The number of ketones is 1. The Kier molecular flexibility index (Phi) is 6.70. The number of dihydropyridines is 1. The minimum Gasteiger partial charge on any atom is -0.353 e. The van der Waals surface area contributed by atoms with Gasteiger partial charge in [-0.2, -0.15) is 5.26 Å². The van der Waals surface area contributed by atoms with E-state index >= 15 is 0 Å². The second-order valence-electron chi connectivity index (χ2n) is 7.04. The fourth-order valence-electron chi connectivity index (χ4n) is 3.57. The molecule has 0 fully saturated rings. The predicted molar refractivity (Wildman–Crippen MR) is 119 cm³/mol. The lowest BCUT2D eigenvalue weighted by molar-refractivity contribution is -0.385. The van der Waals surface area contributed by atoms with E-state index in [4.69, 9.17) is 0 Å². The number of hydrogen-bond donors (Lipinski definition) is 1. The van der Waals surface area contributed by atoms with Crippen LogP contribution in [0, 0.1) is 31.6 Å². The molecule has 0 bridgehead atoms. The van der Waals surface area contributed by atoms with Crippen LogP contribution in [-0.2, 0) is 10.5 Å². The van der Waals surface area contributed by atoms with E-state index in [2.05, 4.69) is 11.4 Å². The van der Waals surface area contributed by atoms with E-state index in [-0.39, 0.29) is 28.3 Å². The Hall–Kier alpha value is -3.97. The Balaban J connectivity index is 2.04. The van der Waals surface area contributed by atoms with Crippen LogP contribution in [0.3, 0.4) is 0 Å². The van der Waals surface area contributed by atoms with Crippen LogP contribution in [0.15, 0.2) is 70.4 Å². The summed E-state index contributed by atoms with van der Waals surface area (Å²) in [6.07, 6.45) is 0. The number of carbonyl (C=O) groups is 1. The van der Waals surface area contributed by atoms with Gasteiger partial charge in [-0.25, -0.2) is 0 Å². The molecule has 0 amide bonds. The predicted octanol–water partition coefficient (Wildman–Crippen LogP) is 4.72. The number of Topliss-reactive ketones (excluding diaryl/α,β-unsaturated/α-hetero) is 1. The Morgan fingerprint density at radius 2 is 1.78 bits per heavy atom. The Morgan fingerprint density at radius 1 is 1.12 bits per heavy atom. The molecule has 1 heterocycles. The van der Waals surface area contributed by atoms with Gasteiger partial charge in [-0.15, -0.1) is 11.8 Å². The lowest BCUT2D eigenvalue weighted by Crippen LogP contribution is -2.27. The zero-order chi connectivity index (χ0) is 23.4. The Labute approximate surface area is 187 Å². The van der Waals surface area contributed by atoms with Crippen molar-refractivity contribution in [3.8, 4) is 6.07 Å². The standard InChI is InChI=1S/C22H18N4O5S/c1-13-20(14(2)27)21(17-5-3-4-6-19(17)26(30)31)18(11-23)22(24-13)32-12-15-7-9-16(10-8-15)25(28)29/h3-10,21,24H,12H2,1-2H3/t21-/m1/s1. The molecular formula is C22H18N4O5S. The number of nitrogens with zero attached hydrogens (tertiary/aromatic N) is 3. The van der Waals surface area contributed by atoms with Crippen LogP contribution >= 0.6 is 11.8 Å². The third kappa shape index (κ3) is 4.53. The number of rotatable bonds is 7. The first-order chi connectivity index (χ1) is 15.2. The van der Waals surface area contributed by atoms with Gasteiger partial charge >= 0.3 is 0 Å². The molecule has 0 aliphatic carbocycles. The van der Waals surface area contributed by atoms with Gasteiger partial charge in [-0.05, 0) is 19.4 Å². The number of allylic oxidation sites excluding steroid dienone is 3. The van der Waals surface area contributed by atoms with E-state index < -0.39 is 15.8 Å². The smallest absolute Gasteiger partial charge is 0.273 e. The zero-order valence-corrected chi connectivity index (χ0v) is 18.0. The summed E-state index contributed by atoms with van der Waals surface area (Å²) in [5, 5.41) is 36.0. The lowest BCUT2D eigenvalue weighted by Gasteiger charge is -2.29. The minimum absolute atomic E-state index is 0.0206. The second kappa shape index (κ2) is 9.45. The van der Waals surface area contributed by atoms with Gasteiger partial charge in [0.25, 0.3) is 11.4 Å². The van der Waals surface area contributed by atoms with Crippen LogP contribution in [-0.4, -0.2) is 15.6 Å². The van der Waals surface area contributed by atoms with Crippen molar-refractivity contribution in [1.82, 2.24) is 5.32 Å². The third-order valence-electron chi connectivity index (χ3n) is 5.00. The molecule has 2 aromatic carbocycles. The number of carbonyl (C=O) groups excluding carboxylic acids is 1. The zero-order valence-electron chi connectivity index (χ0n) is 17.2. The van der Waals surface area contributed by atoms with Crippen LogP contribution in [0.4, 0.5) is 11.4 Å². The number of non-ortho nitro benzene ring substituents is 1. The molecule has 1 N–H and O–H groups in total. The highest BCUT2D eigenvalue weighted by molar-refractivity contribution is 8.02. The molecule has 2 aromatic rings. The molecule has 0 aromatic heterocycles. The summed E-state index contributed by atoms with van der Waals surface area (Å²) in [7, 11) is 0. The van der Waals surface area contributed by atoms with Crippen molar-refractivity contribution in [2.45, 2.75) is 25.5 Å². The molecule has 3 rings (SSSR count). The number of benzene rings is 2. The first-order valence-electron chi connectivity index (χ1n) is 9.47. The van der Waals surface area contributed by atoms with E-state index in [1.807, 2.05) is 0 Å². The van der Waals surface area contributed by atoms with Gasteiger partial charge < -0.3 is 5.32 Å². The number of nitriles is 1. The maximum absolute atomic E-state index is 12.4. The number of thioether (sulfide) groups is 1. The van der Waals surface area contributed by atoms with Crippen molar-refractivity contribution >= 4 is 28.9 Å². The molecular weight excluding hydrogens is 432 g/mol. The number of nitro benzene ring substituents is 2. The normalized spacial score (nSPS) is 15.7. The topological polar surface area (TPSA) is 139 Å². The van der Waals surface area contributed by atoms with Crippen LogP contribution < -0.4 is 5.32 Å². The summed E-state index contributed by atoms with van der Waals surface area (Å²) >= 11 is 1.29. The molecule has 0 saturated carbocycles. The summed E-state index contributed by atoms with van der Waals surface area (Å²) < 4.78 is 0. The SMILES string of the molecule is CC(=O)C1=C(C)NC(SCc2ccc([N+](=O)[O-])cc2)=C(C#N)[C@H]1c1ccccc1[N+](=O)[O-]. The maximum atomic E-state index is 12.4. The number of nitro groups is 2. The van der Waals surface area contributed by atoms with Gasteiger partial charge in [-0.3, -0.25) is 25.0 Å². The van der Waals surface area contributed by atoms with Crippen molar-refractivity contribution in [3.05, 3.63) is 102 Å². The molecule has 1 aliphatic rings. The van der Waals surface area contributed by atoms with Crippen molar-refractivity contribution in [2.75, 3.05) is 0 Å². The highest BCUT2D eigenvalue weighted by atomic mass is 32.2. The van der Waals surface area contributed by atoms with Gasteiger partial charge in [0, 0.05) is 40.8 Å². The minimum atomic E-state index is -0.875. The maximum Gasteiger partial charge on any atom is 0.273 e. The highest BCUT2D eigenvalue weighted by Gasteiger charge is 2.36. The van der Waals surface area contributed by atoms with Gasteiger partial charge in [0.1, 0.15) is 0 Å². The van der Waals surface area contributed by atoms with E-state index in [0.717, 1.165) is 5.56 Å². The summed E-state index contributed by atoms with van der Waals surface area (Å²) in [6.45, 7) is 3.06. The van der Waals surface area contributed by atoms with Gasteiger partial charge in [0.15, 0.2) is 5.78 Å². The fraction of sp³-hybridized carbons (Fsp3) is 0.182. The van der Waals surface area contributed by atoms with Crippen LogP contribution in [0.2, 0.25) is 0 Å². The Morgan fingerprint density at radius 3 is 2.34 bits per heavy atom. The molecule has 0 radical (unpaired) electrons. The largest absolute Gasteiger partial charge is 0.353 e. The molecule has 32 heavy (non-hydrogen) atoms. The summed E-state index contributed by atoms with van der Waals surface area (Å²) in [5.41, 5.74) is 1.91. The van der Waals surface area contributed by atoms with Gasteiger partial charge in [0.2, 0.25) is 0 Å². The Bertz CT molecular complexity index is 1210. The monoisotopic (exact) mass is 450 g/mol. The van der Waals surface area contributed by atoms with E-state index in [1.54, 1.807) is 31.2 Å². The summed E-state index contributed by atoms with van der Waals surface area (Å²) in [4.78, 5) is 33.9. The van der Waals surface area contributed by atoms with Crippen LogP contribution in [0.25, 0.3) is 0 Å². The third-order valence-corrected chi connectivity index (χ3v) is 6.09. The molecule has 0 unspecified atom stereocenters. The molecule has 10 heteroatoms. The molecule has 9 nitrogen and oxygen atoms in total. The van der Waals surface area contributed by atoms with E-state index in [0.29, 0.717) is 22.1 Å². The van der Waals surface area contributed by atoms with Crippen LogP contribution in [0.1, 0.15) is 30.9 Å². The number of hydrogen-bond acceptors (Lipinski definition) is 8. The van der Waals surface area contributed by atoms with Gasteiger partial charge in [0.05, 0.1) is 32.4 Å². The lowest BCUT2D eigenvalue weighted by atomic mass is 9.80. The highest BCUT2D eigenvalue weighted by Crippen LogP contribution is 2.44. The van der Waals surface area contributed by atoms with Crippen molar-refractivity contribution in [1.29, 1.82) is 5.26 Å². The van der Waals surface area contributed by atoms with E-state index in [9.17, 15) is 30.3 Å². The average Bonchev–Trinajstić information content (AvgIpc) is 2.77. The molecule has 0 spiro atoms. The average molecular weight is 450 g/mol. The molecule has 1 atom stereocenters. The first kappa shape index (κ1) is 22.7.